The molecule has 8 heteroatoms. The molecule has 2 amide bonds. The van der Waals surface area contributed by atoms with Crippen LogP contribution in [0.15, 0.2) is 53.4 Å². The molecule has 0 bridgehead atoms. The Morgan fingerprint density at radius 1 is 0.882 bits per heavy atom. The van der Waals surface area contributed by atoms with E-state index in [4.69, 9.17) is 0 Å². The monoisotopic (exact) mass is 485 g/mol. The molecule has 1 heterocycles. The van der Waals surface area contributed by atoms with Crippen LogP contribution in [0.4, 0.5) is 0 Å². The normalized spacial score (nSPS) is 16.0. The molecule has 1 atom stereocenters. The molecule has 2 aromatic carbocycles. The molecule has 7 nitrogen and oxygen atoms in total. The Bertz CT molecular complexity index is 1120. The van der Waals surface area contributed by atoms with Crippen LogP contribution in [0, 0.1) is 5.92 Å². The summed E-state index contributed by atoms with van der Waals surface area (Å²) >= 11 is 0. The Balaban J connectivity index is 1.77. The van der Waals surface area contributed by atoms with E-state index >= 15 is 0 Å². The molecule has 0 aliphatic carbocycles. The Labute approximate surface area is 203 Å². The highest BCUT2D eigenvalue weighted by Crippen LogP contribution is 2.25. The zero-order valence-electron chi connectivity index (χ0n) is 20.6. The van der Waals surface area contributed by atoms with E-state index in [2.05, 4.69) is 31.3 Å². The average Bonchev–Trinajstić information content (AvgIpc) is 2.82. The molecule has 1 aliphatic heterocycles. The average molecular weight is 486 g/mol. The van der Waals surface area contributed by atoms with Crippen LogP contribution in [0.5, 0.6) is 0 Å². The number of piperazine rings is 1. The molecule has 0 aromatic heterocycles. The zero-order valence-corrected chi connectivity index (χ0v) is 21.4. The van der Waals surface area contributed by atoms with Crippen LogP contribution >= 0.6 is 0 Å². The molecule has 0 spiro atoms. The van der Waals surface area contributed by atoms with Gasteiger partial charge in [0.25, 0.3) is 5.91 Å². The third kappa shape index (κ3) is 5.85. The largest absolute Gasteiger partial charge is 0.345 e. The number of rotatable bonds is 7. The van der Waals surface area contributed by atoms with E-state index in [0.717, 1.165) is 5.56 Å². The number of benzene rings is 2. The van der Waals surface area contributed by atoms with Crippen molar-refractivity contribution in [2.45, 2.75) is 51.5 Å². The minimum Gasteiger partial charge on any atom is -0.345 e. The fraction of sp³-hybridized carbons (Fsp3) is 0.462. The molecule has 2 aromatic rings. The zero-order chi connectivity index (χ0) is 25.0. The SMILES string of the molecule is CC(=O)N1CCN(S(=O)(=O)c2cccc(C(=O)NC(c3ccc(C(C)C)cc3)C(C)C)c2)CC1. The number of hydrogen-bond acceptors (Lipinski definition) is 4. The standard InChI is InChI=1S/C26H35N3O4S/c1-18(2)21-9-11-22(12-10-21)25(19(3)4)27-26(31)23-7-6-8-24(17-23)34(32,33)29-15-13-28(14-16-29)20(5)30/h6-12,17-19,25H,13-16H2,1-5H3,(H,27,31). The van der Waals surface area contributed by atoms with Crippen molar-refractivity contribution in [3.63, 3.8) is 0 Å². The van der Waals surface area contributed by atoms with Gasteiger partial charge in [-0.25, -0.2) is 8.42 Å². The van der Waals surface area contributed by atoms with Gasteiger partial charge in [0.15, 0.2) is 0 Å². The number of nitrogens with zero attached hydrogens (tertiary/aromatic N) is 2. The van der Waals surface area contributed by atoms with Gasteiger partial charge in [0.05, 0.1) is 10.9 Å². The molecule has 1 aliphatic rings. The second-order valence-electron chi connectivity index (χ2n) is 9.45. The van der Waals surface area contributed by atoms with Crippen molar-refractivity contribution in [3.8, 4) is 0 Å². The maximum Gasteiger partial charge on any atom is 0.251 e. The molecule has 34 heavy (non-hydrogen) atoms. The third-order valence-corrected chi connectivity index (χ3v) is 8.23. The van der Waals surface area contributed by atoms with Gasteiger partial charge in [-0.1, -0.05) is 58.0 Å². The van der Waals surface area contributed by atoms with Crippen molar-refractivity contribution in [1.82, 2.24) is 14.5 Å². The number of nitrogens with one attached hydrogen (secondary N) is 1. The van der Waals surface area contributed by atoms with Crippen molar-refractivity contribution >= 4 is 21.8 Å². The van der Waals surface area contributed by atoms with Gasteiger partial charge in [-0.05, 0) is 41.2 Å². The topological polar surface area (TPSA) is 86.8 Å². The van der Waals surface area contributed by atoms with Gasteiger partial charge in [-0.15, -0.1) is 0 Å². The first-order valence-electron chi connectivity index (χ1n) is 11.8. The lowest BCUT2D eigenvalue weighted by Gasteiger charge is -2.33. The summed E-state index contributed by atoms with van der Waals surface area (Å²) in [4.78, 5) is 26.4. The lowest BCUT2D eigenvalue weighted by atomic mass is 9.93. The summed E-state index contributed by atoms with van der Waals surface area (Å²) in [6.07, 6.45) is 0. The van der Waals surface area contributed by atoms with Crippen LogP contribution in [-0.4, -0.2) is 55.6 Å². The van der Waals surface area contributed by atoms with Gasteiger partial charge in [-0.2, -0.15) is 4.31 Å². The maximum atomic E-state index is 13.2. The molecule has 1 saturated heterocycles. The van der Waals surface area contributed by atoms with E-state index in [1.54, 1.807) is 17.0 Å². The number of hydrogen-bond donors (Lipinski definition) is 1. The Morgan fingerprint density at radius 2 is 1.47 bits per heavy atom. The van der Waals surface area contributed by atoms with E-state index in [1.807, 2.05) is 26.0 Å². The summed E-state index contributed by atoms with van der Waals surface area (Å²) in [6.45, 7) is 11.0. The molecular formula is C26H35N3O4S. The molecule has 1 N–H and O–H groups in total. The van der Waals surface area contributed by atoms with Crippen LogP contribution in [0.2, 0.25) is 0 Å². The number of sulfonamides is 1. The highest BCUT2D eigenvalue weighted by atomic mass is 32.2. The van der Waals surface area contributed by atoms with Gasteiger partial charge < -0.3 is 10.2 Å². The molecule has 1 fully saturated rings. The van der Waals surface area contributed by atoms with Crippen LogP contribution in [0.25, 0.3) is 0 Å². The lowest BCUT2D eigenvalue weighted by molar-refractivity contribution is -0.129. The number of carbonyl (C=O) groups excluding carboxylic acids is 2. The van der Waals surface area contributed by atoms with Crippen molar-refractivity contribution in [2.24, 2.45) is 5.92 Å². The predicted octanol–water partition coefficient (Wildman–Crippen LogP) is 3.79. The molecule has 184 valence electrons. The first kappa shape index (κ1) is 25.9. The summed E-state index contributed by atoms with van der Waals surface area (Å²) in [5.41, 5.74) is 2.55. The molecule has 0 saturated carbocycles. The Morgan fingerprint density at radius 3 is 2.00 bits per heavy atom. The van der Waals surface area contributed by atoms with Crippen LogP contribution in [-0.2, 0) is 14.8 Å². The summed E-state index contributed by atoms with van der Waals surface area (Å²) in [5, 5.41) is 3.08. The van der Waals surface area contributed by atoms with Gasteiger partial charge >= 0.3 is 0 Å². The van der Waals surface area contributed by atoms with Crippen molar-refractivity contribution in [3.05, 3.63) is 65.2 Å². The molecule has 0 radical (unpaired) electrons. The van der Waals surface area contributed by atoms with E-state index in [-0.39, 0.29) is 41.8 Å². The van der Waals surface area contributed by atoms with Crippen molar-refractivity contribution < 1.29 is 18.0 Å². The molecule has 3 rings (SSSR count). The van der Waals surface area contributed by atoms with Crippen LogP contribution in [0.1, 0.15) is 68.1 Å². The van der Waals surface area contributed by atoms with E-state index in [9.17, 15) is 18.0 Å². The lowest BCUT2D eigenvalue weighted by Crippen LogP contribution is -2.49. The predicted molar refractivity (Wildman–Crippen MR) is 133 cm³/mol. The first-order chi connectivity index (χ1) is 16.0. The van der Waals surface area contributed by atoms with E-state index < -0.39 is 10.0 Å². The molecular weight excluding hydrogens is 450 g/mol. The summed E-state index contributed by atoms with van der Waals surface area (Å²) in [6, 6.07) is 14.2. The quantitative estimate of drug-likeness (QED) is 0.646. The van der Waals surface area contributed by atoms with E-state index in [0.29, 0.717) is 24.6 Å². The van der Waals surface area contributed by atoms with Gasteiger partial charge in [0, 0.05) is 38.7 Å². The van der Waals surface area contributed by atoms with Gasteiger partial charge in [0.2, 0.25) is 15.9 Å². The van der Waals surface area contributed by atoms with Crippen molar-refractivity contribution in [1.29, 1.82) is 0 Å². The highest BCUT2D eigenvalue weighted by Gasteiger charge is 2.30. The first-order valence-corrected chi connectivity index (χ1v) is 13.2. The third-order valence-electron chi connectivity index (χ3n) is 6.33. The summed E-state index contributed by atoms with van der Waals surface area (Å²) in [5.74, 6) is 0.203. The number of carbonyl (C=O) groups is 2. The van der Waals surface area contributed by atoms with Crippen LogP contribution in [0.3, 0.4) is 0 Å². The second-order valence-corrected chi connectivity index (χ2v) is 11.4. The van der Waals surface area contributed by atoms with Gasteiger partial charge in [0.1, 0.15) is 0 Å². The fourth-order valence-electron chi connectivity index (χ4n) is 4.14. The maximum absolute atomic E-state index is 13.2. The smallest absolute Gasteiger partial charge is 0.251 e. The van der Waals surface area contributed by atoms with Gasteiger partial charge in [-0.3, -0.25) is 9.59 Å². The highest BCUT2D eigenvalue weighted by molar-refractivity contribution is 7.89. The van der Waals surface area contributed by atoms with Crippen molar-refractivity contribution in [2.75, 3.05) is 26.2 Å². The minimum absolute atomic E-state index is 0.0609. The Hall–Kier alpha value is -2.71. The summed E-state index contributed by atoms with van der Waals surface area (Å²) in [7, 11) is -3.76. The summed E-state index contributed by atoms with van der Waals surface area (Å²) < 4.78 is 27.7. The van der Waals surface area contributed by atoms with Crippen LogP contribution < -0.4 is 5.32 Å². The van der Waals surface area contributed by atoms with E-state index in [1.165, 1.54) is 28.9 Å². The molecule has 1 unspecified atom stereocenters. The Kier molecular flexibility index (Phi) is 8.15. The number of amides is 2. The minimum atomic E-state index is -3.76. The fourth-order valence-corrected chi connectivity index (χ4v) is 5.61. The second kappa shape index (κ2) is 10.7.